The summed E-state index contributed by atoms with van der Waals surface area (Å²) in [6.07, 6.45) is 2.29. The van der Waals surface area contributed by atoms with Crippen LogP contribution in [0.1, 0.15) is 192 Å². The van der Waals surface area contributed by atoms with Crippen LogP contribution in [-0.2, 0) is 32.5 Å². The third-order valence-corrected chi connectivity index (χ3v) is 20.3. The maximum atomic E-state index is 2.88. The molecule has 4 aliphatic rings. The Kier molecular flexibility index (Phi) is 11.9. The molecule has 1 aliphatic carbocycles. The van der Waals surface area contributed by atoms with Crippen molar-refractivity contribution in [2.75, 3.05) is 14.7 Å². The lowest BCUT2D eigenvalue weighted by molar-refractivity contribution is -0.0415. The van der Waals surface area contributed by atoms with Crippen molar-refractivity contribution in [2.45, 2.75) is 196 Å². The summed E-state index contributed by atoms with van der Waals surface area (Å²) in [5.74, 6) is 0. The molecule has 7 aromatic carbocycles. The van der Waals surface area contributed by atoms with Crippen LogP contribution in [0.5, 0.6) is 0 Å². The zero-order valence-electron chi connectivity index (χ0n) is 51.6. The molecule has 7 aromatic rings. The molecule has 3 nitrogen and oxygen atoms in total. The summed E-state index contributed by atoms with van der Waals surface area (Å²) >= 11 is 0. The quantitative estimate of drug-likeness (QED) is 0.163. The molecule has 1 saturated carbocycles. The summed E-state index contributed by atoms with van der Waals surface area (Å²) in [4.78, 5) is 8.27. The van der Waals surface area contributed by atoms with Gasteiger partial charge >= 0.3 is 0 Å². The van der Waals surface area contributed by atoms with E-state index in [0.717, 1.165) is 12.8 Å². The van der Waals surface area contributed by atoms with Crippen molar-refractivity contribution in [3.63, 3.8) is 0 Å². The molecule has 78 heavy (non-hydrogen) atoms. The zero-order valence-corrected chi connectivity index (χ0v) is 51.6. The SMILES string of the molecule is CC(C)(C)c1cccc(N2c3cc(C(C)(C)C)ccc3B3c4cc(C(C)(C)C)ccc4N(c4ccc(C(C)(C)C)cc4-c4ccccc4)c4cc(N5c6ccc(C(C)(C)C)cc6C6(C)C(C)(C)CCC(C)(C)C56C)cc2c43)c1. The van der Waals surface area contributed by atoms with Gasteiger partial charge in [-0.3, -0.25) is 0 Å². The molecular formula is C74H90BN3. The van der Waals surface area contributed by atoms with Gasteiger partial charge in [0, 0.05) is 50.8 Å². The first kappa shape index (κ1) is 54.0. The van der Waals surface area contributed by atoms with Crippen LogP contribution in [0.2, 0.25) is 0 Å². The third-order valence-electron chi connectivity index (χ3n) is 20.3. The first-order valence-electron chi connectivity index (χ1n) is 29.4. The first-order chi connectivity index (χ1) is 36.1. The molecule has 3 heterocycles. The maximum Gasteiger partial charge on any atom is 0.252 e. The Labute approximate surface area is 472 Å². The van der Waals surface area contributed by atoms with Crippen LogP contribution in [0.3, 0.4) is 0 Å². The first-order valence-corrected chi connectivity index (χ1v) is 29.4. The average Bonchev–Trinajstić information content (AvgIpc) is 3.74. The topological polar surface area (TPSA) is 9.72 Å². The second-order valence-electron chi connectivity index (χ2n) is 31.0. The molecule has 2 atom stereocenters. The van der Waals surface area contributed by atoms with Crippen LogP contribution < -0.4 is 31.1 Å². The third kappa shape index (κ3) is 8.01. The Morgan fingerprint density at radius 3 is 1.47 bits per heavy atom. The molecule has 0 saturated heterocycles. The van der Waals surface area contributed by atoms with Gasteiger partial charge in [0.2, 0.25) is 0 Å². The van der Waals surface area contributed by atoms with Crippen molar-refractivity contribution in [3.05, 3.63) is 173 Å². The van der Waals surface area contributed by atoms with E-state index in [1.165, 1.54) is 106 Å². The van der Waals surface area contributed by atoms with E-state index in [1.54, 1.807) is 0 Å². The van der Waals surface area contributed by atoms with Crippen LogP contribution >= 0.6 is 0 Å². The molecule has 2 unspecified atom stereocenters. The molecule has 0 amide bonds. The Hall–Kier alpha value is -6.00. The monoisotopic (exact) mass is 1030 g/mol. The van der Waals surface area contributed by atoms with E-state index in [9.17, 15) is 0 Å². The van der Waals surface area contributed by atoms with Crippen LogP contribution in [0, 0.1) is 10.8 Å². The Morgan fingerprint density at radius 1 is 0.372 bits per heavy atom. The summed E-state index contributed by atoms with van der Waals surface area (Å²) in [7, 11) is 0. The summed E-state index contributed by atoms with van der Waals surface area (Å²) < 4.78 is 0. The molecule has 4 heteroatoms. The van der Waals surface area contributed by atoms with Gasteiger partial charge in [-0.1, -0.05) is 223 Å². The lowest BCUT2D eigenvalue weighted by Crippen LogP contribution is -2.69. The highest BCUT2D eigenvalue weighted by Gasteiger charge is 2.70. The van der Waals surface area contributed by atoms with Gasteiger partial charge in [-0.2, -0.15) is 0 Å². The molecule has 0 aromatic heterocycles. The standard InChI is InChI=1S/C74H90BN3/c1-66(2,3)48-28-25-29-53(40-48)76-62-44-52(70(13,14)15)30-34-57(62)75-58-43-51(69(10,11)12)33-37-61(58)77(59-35-31-49(67(4,5)6)41-55(59)47-26-23-22-24-27-47)64-46-54(45-63(76)65(64)75)78-60-36-32-50(68(7,8)9)42-56(60)73(20)71(16,17)38-39-72(18,19)74(73,78)21/h22-37,40-46H,38-39H2,1-21H3. The molecule has 0 N–H and O–H groups in total. The average molecular weight is 1030 g/mol. The van der Waals surface area contributed by atoms with E-state index in [4.69, 9.17) is 0 Å². The predicted octanol–water partition coefficient (Wildman–Crippen LogP) is 18.9. The largest absolute Gasteiger partial charge is 0.334 e. The molecule has 0 spiro atoms. The van der Waals surface area contributed by atoms with Gasteiger partial charge in [0.1, 0.15) is 0 Å². The number of hydrogen-bond donors (Lipinski definition) is 0. The van der Waals surface area contributed by atoms with Crippen molar-refractivity contribution in [1.29, 1.82) is 0 Å². The van der Waals surface area contributed by atoms with E-state index in [1.807, 2.05) is 0 Å². The van der Waals surface area contributed by atoms with Crippen molar-refractivity contribution in [3.8, 4) is 11.1 Å². The fraction of sp³-hybridized carbons (Fsp3) is 0.432. The summed E-state index contributed by atoms with van der Waals surface area (Å²) in [5.41, 5.74) is 23.8. The van der Waals surface area contributed by atoms with Crippen molar-refractivity contribution in [1.82, 2.24) is 0 Å². The zero-order chi connectivity index (χ0) is 56.5. The van der Waals surface area contributed by atoms with Crippen LogP contribution in [0.4, 0.5) is 45.5 Å². The fourth-order valence-corrected chi connectivity index (χ4v) is 14.6. The fourth-order valence-electron chi connectivity index (χ4n) is 14.6. The molecule has 404 valence electrons. The highest BCUT2D eigenvalue weighted by molar-refractivity contribution is 7.00. The van der Waals surface area contributed by atoms with Gasteiger partial charge in [0.05, 0.1) is 11.2 Å². The normalized spacial score (nSPS) is 20.5. The molecule has 0 bridgehead atoms. The number of anilines is 8. The molecule has 3 aliphatic heterocycles. The Morgan fingerprint density at radius 2 is 0.872 bits per heavy atom. The molecular weight excluding hydrogens is 942 g/mol. The van der Waals surface area contributed by atoms with Gasteiger partial charge in [-0.15, -0.1) is 0 Å². The molecule has 1 fully saturated rings. The van der Waals surface area contributed by atoms with Crippen LogP contribution in [0.25, 0.3) is 11.1 Å². The van der Waals surface area contributed by atoms with Gasteiger partial charge in [0.25, 0.3) is 6.71 Å². The van der Waals surface area contributed by atoms with Gasteiger partial charge in [-0.05, 0) is 168 Å². The number of benzene rings is 7. The smallest absolute Gasteiger partial charge is 0.252 e. The molecule has 0 radical (unpaired) electrons. The minimum absolute atomic E-state index is 0.00168. The van der Waals surface area contributed by atoms with E-state index < -0.39 is 0 Å². The second kappa shape index (κ2) is 17.3. The minimum Gasteiger partial charge on any atom is -0.334 e. The van der Waals surface area contributed by atoms with Crippen LogP contribution in [-0.4, -0.2) is 12.3 Å². The van der Waals surface area contributed by atoms with E-state index >= 15 is 0 Å². The number of nitrogens with zero attached hydrogens (tertiary/aromatic N) is 3. The summed E-state index contributed by atoms with van der Waals surface area (Å²) in [5, 5.41) is 0. The van der Waals surface area contributed by atoms with Crippen molar-refractivity contribution < 1.29 is 0 Å². The number of rotatable bonds is 4. The lowest BCUT2D eigenvalue weighted by atomic mass is 9.33. The Bertz CT molecular complexity index is 3540. The van der Waals surface area contributed by atoms with E-state index in [0.29, 0.717) is 0 Å². The molecule has 11 rings (SSSR count). The van der Waals surface area contributed by atoms with Gasteiger partial charge in [0.15, 0.2) is 0 Å². The van der Waals surface area contributed by atoms with Gasteiger partial charge in [-0.25, -0.2) is 0 Å². The van der Waals surface area contributed by atoms with Crippen LogP contribution in [0.15, 0.2) is 140 Å². The summed E-state index contributed by atoms with van der Waals surface area (Å²) in [6, 6.07) is 55.9. The van der Waals surface area contributed by atoms with Crippen molar-refractivity contribution >= 4 is 68.6 Å². The number of fused-ring (bicyclic) bond motifs is 7. The van der Waals surface area contributed by atoms with Crippen molar-refractivity contribution in [2.24, 2.45) is 10.8 Å². The minimum atomic E-state index is -0.327. The summed E-state index contributed by atoms with van der Waals surface area (Å²) in [6.45, 7) is 51.0. The number of hydrogen-bond acceptors (Lipinski definition) is 3. The highest BCUT2D eigenvalue weighted by Crippen LogP contribution is 2.72. The maximum absolute atomic E-state index is 2.88. The Balaban J connectivity index is 1.34. The lowest BCUT2D eigenvalue weighted by Gasteiger charge is -2.65. The van der Waals surface area contributed by atoms with Gasteiger partial charge < -0.3 is 14.7 Å². The predicted molar refractivity (Wildman–Crippen MR) is 341 cm³/mol. The second-order valence-corrected chi connectivity index (χ2v) is 31.0. The van der Waals surface area contributed by atoms with E-state index in [-0.39, 0.29) is 55.6 Å². The van der Waals surface area contributed by atoms with E-state index in [2.05, 4.69) is 300 Å². The highest BCUT2D eigenvalue weighted by atomic mass is 15.3.